The van der Waals surface area contributed by atoms with Crippen LogP contribution in [0.15, 0.2) is 30.6 Å². The Hall–Kier alpha value is -2.83. The summed E-state index contributed by atoms with van der Waals surface area (Å²) in [5.41, 5.74) is -0.0426. The maximum atomic E-state index is 13.2. The van der Waals surface area contributed by atoms with E-state index in [1.165, 1.54) is 12.4 Å². The number of benzene rings is 1. The molecule has 0 saturated heterocycles. The van der Waals surface area contributed by atoms with Gasteiger partial charge in [0, 0.05) is 6.20 Å². The van der Waals surface area contributed by atoms with Crippen molar-refractivity contribution in [2.45, 2.75) is 6.92 Å². The lowest BCUT2D eigenvalue weighted by molar-refractivity contribution is 0.0691. The lowest BCUT2D eigenvalue weighted by atomic mass is 10.1. The van der Waals surface area contributed by atoms with Crippen LogP contribution in [-0.2, 0) is 0 Å². The van der Waals surface area contributed by atoms with Crippen LogP contribution in [0, 0.1) is 18.6 Å². The number of aromatic carboxylic acids is 1. The van der Waals surface area contributed by atoms with Crippen LogP contribution in [0.4, 0.5) is 14.5 Å². The van der Waals surface area contributed by atoms with Crippen molar-refractivity contribution in [3.63, 3.8) is 0 Å². The number of aryl methyl sites for hydroxylation is 1. The normalized spacial score (nSPS) is 10.2. The van der Waals surface area contributed by atoms with Crippen molar-refractivity contribution in [3.8, 4) is 0 Å². The number of carboxylic acid groups (broad SMARTS) is 1. The van der Waals surface area contributed by atoms with Crippen molar-refractivity contribution >= 4 is 17.6 Å². The minimum Gasteiger partial charge on any atom is -0.478 e. The molecule has 1 aromatic carbocycles. The molecule has 0 atom stereocenters. The van der Waals surface area contributed by atoms with E-state index in [0.717, 1.165) is 0 Å². The highest BCUT2D eigenvalue weighted by Crippen LogP contribution is 2.18. The zero-order chi connectivity index (χ0) is 15.6. The molecule has 7 heteroatoms. The summed E-state index contributed by atoms with van der Waals surface area (Å²) < 4.78 is 26.3. The van der Waals surface area contributed by atoms with E-state index in [1.54, 1.807) is 13.0 Å². The number of carbonyl (C=O) groups is 2. The Kier molecular flexibility index (Phi) is 3.93. The predicted octanol–water partition coefficient (Wildman–Crippen LogP) is 2.62. The van der Waals surface area contributed by atoms with Gasteiger partial charge >= 0.3 is 5.97 Å². The molecule has 0 spiro atoms. The van der Waals surface area contributed by atoms with Gasteiger partial charge in [-0.25, -0.2) is 13.6 Å². The molecule has 1 aromatic heterocycles. The van der Waals surface area contributed by atoms with Crippen LogP contribution in [0.5, 0.6) is 0 Å². The molecule has 0 fully saturated rings. The van der Waals surface area contributed by atoms with Crippen molar-refractivity contribution in [1.82, 2.24) is 4.98 Å². The lowest BCUT2D eigenvalue weighted by Crippen LogP contribution is -2.18. The summed E-state index contributed by atoms with van der Waals surface area (Å²) in [5, 5.41) is 11.4. The summed E-state index contributed by atoms with van der Waals surface area (Å²) in [6.07, 6.45) is 2.89. The minimum atomic E-state index is -1.53. The maximum Gasteiger partial charge on any atom is 0.336 e. The van der Waals surface area contributed by atoms with Crippen LogP contribution < -0.4 is 5.32 Å². The zero-order valence-corrected chi connectivity index (χ0v) is 10.9. The number of carboxylic acids is 1. The number of carbonyl (C=O) groups excluding carboxylic acids is 1. The molecule has 0 saturated carbocycles. The van der Waals surface area contributed by atoms with Gasteiger partial charge in [0.15, 0.2) is 11.6 Å². The van der Waals surface area contributed by atoms with Gasteiger partial charge in [0.25, 0.3) is 5.91 Å². The number of halogens is 2. The van der Waals surface area contributed by atoms with Gasteiger partial charge in [-0.05, 0) is 30.7 Å². The molecular weight excluding hydrogens is 282 g/mol. The molecule has 0 radical (unpaired) electrons. The van der Waals surface area contributed by atoms with Crippen LogP contribution in [-0.4, -0.2) is 22.0 Å². The van der Waals surface area contributed by atoms with Crippen molar-refractivity contribution in [1.29, 1.82) is 0 Å². The molecule has 2 aromatic rings. The maximum absolute atomic E-state index is 13.2. The number of aromatic nitrogens is 1. The van der Waals surface area contributed by atoms with Gasteiger partial charge in [-0.2, -0.15) is 0 Å². The molecule has 0 bridgehead atoms. The first-order valence-electron chi connectivity index (χ1n) is 5.84. The second kappa shape index (κ2) is 5.66. The van der Waals surface area contributed by atoms with Gasteiger partial charge in [0.2, 0.25) is 0 Å². The van der Waals surface area contributed by atoms with Crippen LogP contribution in [0.25, 0.3) is 0 Å². The first kappa shape index (κ1) is 14.6. The largest absolute Gasteiger partial charge is 0.478 e. The number of anilines is 1. The van der Waals surface area contributed by atoms with E-state index in [2.05, 4.69) is 10.3 Å². The topological polar surface area (TPSA) is 79.3 Å². The Morgan fingerprint density at radius 3 is 2.38 bits per heavy atom. The van der Waals surface area contributed by atoms with E-state index in [-0.39, 0.29) is 0 Å². The summed E-state index contributed by atoms with van der Waals surface area (Å²) in [7, 11) is 0. The van der Waals surface area contributed by atoms with E-state index in [0.29, 0.717) is 23.4 Å². The van der Waals surface area contributed by atoms with Gasteiger partial charge in [0.1, 0.15) is 0 Å². The predicted molar refractivity (Wildman–Crippen MR) is 70.2 cm³/mol. The second-order valence-electron chi connectivity index (χ2n) is 4.26. The molecule has 0 aliphatic rings. The van der Waals surface area contributed by atoms with Gasteiger partial charge < -0.3 is 10.4 Å². The van der Waals surface area contributed by atoms with E-state index in [1.807, 2.05) is 0 Å². The third-order valence-corrected chi connectivity index (χ3v) is 2.82. The molecule has 0 aliphatic carbocycles. The Bertz CT molecular complexity index is 732. The third kappa shape index (κ3) is 3.02. The number of amides is 1. The summed E-state index contributed by atoms with van der Waals surface area (Å²) in [6.45, 7) is 1.71. The first-order chi connectivity index (χ1) is 9.90. The molecule has 1 amide bonds. The van der Waals surface area contributed by atoms with E-state index < -0.39 is 34.6 Å². The van der Waals surface area contributed by atoms with Crippen LogP contribution in [0.1, 0.15) is 26.3 Å². The molecule has 21 heavy (non-hydrogen) atoms. The molecule has 2 N–H and O–H groups in total. The molecule has 108 valence electrons. The molecule has 0 unspecified atom stereocenters. The molecule has 2 rings (SSSR count). The fourth-order valence-electron chi connectivity index (χ4n) is 1.70. The Labute approximate surface area is 118 Å². The monoisotopic (exact) mass is 292 g/mol. The smallest absolute Gasteiger partial charge is 0.336 e. The molecule has 1 heterocycles. The number of pyridine rings is 1. The first-order valence-corrected chi connectivity index (χ1v) is 5.84. The summed E-state index contributed by atoms with van der Waals surface area (Å²) >= 11 is 0. The van der Waals surface area contributed by atoms with Gasteiger partial charge in [0.05, 0.1) is 23.0 Å². The number of nitrogens with one attached hydrogen (secondary N) is 1. The average molecular weight is 292 g/mol. The summed E-state index contributed by atoms with van der Waals surface area (Å²) in [5.74, 6) is -5.01. The fourth-order valence-corrected chi connectivity index (χ4v) is 1.70. The zero-order valence-electron chi connectivity index (χ0n) is 10.9. The van der Waals surface area contributed by atoms with Crippen molar-refractivity contribution < 1.29 is 23.5 Å². The van der Waals surface area contributed by atoms with Crippen molar-refractivity contribution in [3.05, 3.63) is 58.9 Å². The van der Waals surface area contributed by atoms with Crippen molar-refractivity contribution in [2.24, 2.45) is 0 Å². The highest BCUT2D eigenvalue weighted by molar-refractivity contribution is 6.10. The summed E-state index contributed by atoms with van der Waals surface area (Å²) in [6, 6.07) is 2.67. The third-order valence-electron chi connectivity index (χ3n) is 2.82. The van der Waals surface area contributed by atoms with Crippen molar-refractivity contribution in [2.75, 3.05) is 5.32 Å². The van der Waals surface area contributed by atoms with Gasteiger partial charge in [-0.3, -0.25) is 9.78 Å². The highest BCUT2D eigenvalue weighted by atomic mass is 19.2. The average Bonchev–Trinajstić information content (AvgIpc) is 2.43. The number of nitrogens with zero attached hydrogens (tertiary/aromatic N) is 1. The lowest BCUT2D eigenvalue weighted by Gasteiger charge is -2.10. The highest BCUT2D eigenvalue weighted by Gasteiger charge is 2.20. The van der Waals surface area contributed by atoms with E-state index >= 15 is 0 Å². The van der Waals surface area contributed by atoms with Crippen LogP contribution in [0.3, 0.4) is 0 Å². The minimum absolute atomic E-state index is 0.351. The van der Waals surface area contributed by atoms with Crippen LogP contribution >= 0.6 is 0 Å². The molecular formula is C14H10F2N2O3. The van der Waals surface area contributed by atoms with Gasteiger partial charge in [-0.1, -0.05) is 0 Å². The van der Waals surface area contributed by atoms with E-state index in [4.69, 9.17) is 5.11 Å². The number of hydrogen-bond donors (Lipinski definition) is 2. The Balaban J connectivity index is 2.42. The molecule has 5 nitrogen and oxygen atoms in total. The Morgan fingerprint density at radius 2 is 1.81 bits per heavy atom. The van der Waals surface area contributed by atoms with E-state index in [9.17, 15) is 18.4 Å². The molecule has 0 aliphatic heterocycles. The second-order valence-corrected chi connectivity index (χ2v) is 4.26. The number of hydrogen-bond acceptors (Lipinski definition) is 3. The van der Waals surface area contributed by atoms with Gasteiger partial charge in [-0.15, -0.1) is 0 Å². The number of rotatable bonds is 3. The fraction of sp³-hybridized carbons (Fsp3) is 0.0714. The summed E-state index contributed by atoms with van der Waals surface area (Å²) in [4.78, 5) is 26.9. The standard InChI is InChI=1S/C14H10F2N2O3/c1-7-2-3-17-6-12(7)18-13(19)8-4-10(15)11(16)5-9(8)14(20)21/h2-6H,1H3,(H,18,19)(H,20,21). The Morgan fingerprint density at radius 1 is 1.19 bits per heavy atom. The quantitative estimate of drug-likeness (QED) is 0.911. The van der Waals surface area contributed by atoms with Crippen LogP contribution in [0.2, 0.25) is 0 Å². The SMILES string of the molecule is Cc1ccncc1NC(=O)c1cc(F)c(F)cc1C(=O)O.